The fourth-order valence-corrected chi connectivity index (χ4v) is 1.99. The second-order valence-corrected chi connectivity index (χ2v) is 3.96. The van der Waals surface area contributed by atoms with Gasteiger partial charge < -0.3 is 0 Å². The predicted octanol–water partition coefficient (Wildman–Crippen LogP) is 2.83. The van der Waals surface area contributed by atoms with Crippen LogP contribution in [0.4, 0.5) is 0 Å². The highest BCUT2D eigenvalue weighted by Gasteiger charge is 2.20. The summed E-state index contributed by atoms with van der Waals surface area (Å²) < 4.78 is 2.32. The molecular formula is C11H22N+. The first kappa shape index (κ1) is 9.76. The monoisotopic (exact) mass is 168 g/mol. The lowest BCUT2D eigenvalue weighted by molar-refractivity contribution is -0.562. The van der Waals surface area contributed by atoms with Gasteiger partial charge >= 0.3 is 0 Å². The maximum Gasteiger partial charge on any atom is 0.152 e. The van der Waals surface area contributed by atoms with E-state index >= 15 is 0 Å². The highest BCUT2D eigenvalue weighted by atomic mass is 15.0. The first-order chi connectivity index (χ1) is 5.84. The number of nitrogens with zero attached hydrogens (tertiary/aromatic N) is 1. The van der Waals surface area contributed by atoms with Crippen LogP contribution in [-0.4, -0.2) is 23.9 Å². The van der Waals surface area contributed by atoms with Crippen molar-refractivity contribution in [3.05, 3.63) is 0 Å². The molecule has 0 radical (unpaired) electrons. The van der Waals surface area contributed by atoms with Gasteiger partial charge in [-0.05, 0) is 12.8 Å². The lowest BCUT2D eigenvalue weighted by atomic mass is 9.95. The van der Waals surface area contributed by atoms with Crippen LogP contribution in [0.1, 0.15) is 51.9 Å². The topological polar surface area (TPSA) is 3.01 Å². The predicted molar refractivity (Wildman–Crippen MR) is 54.0 cm³/mol. The van der Waals surface area contributed by atoms with Gasteiger partial charge in [0.2, 0.25) is 0 Å². The molecule has 70 valence electrons. The van der Waals surface area contributed by atoms with Crippen molar-refractivity contribution in [1.29, 1.82) is 0 Å². The van der Waals surface area contributed by atoms with E-state index in [0.717, 1.165) is 6.04 Å². The largest absolute Gasteiger partial charge is 0.240 e. The van der Waals surface area contributed by atoms with Crippen molar-refractivity contribution < 1.29 is 4.58 Å². The molecule has 0 aromatic carbocycles. The van der Waals surface area contributed by atoms with Crippen molar-refractivity contribution in [3.63, 3.8) is 0 Å². The van der Waals surface area contributed by atoms with Gasteiger partial charge in [-0.1, -0.05) is 19.8 Å². The van der Waals surface area contributed by atoms with E-state index in [-0.39, 0.29) is 0 Å². The molecule has 0 saturated heterocycles. The molecule has 0 amide bonds. The zero-order valence-electron chi connectivity index (χ0n) is 8.39. The molecule has 0 spiro atoms. The summed E-state index contributed by atoms with van der Waals surface area (Å²) in [5.74, 6) is 0. The van der Waals surface area contributed by atoms with Crippen LogP contribution in [0.5, 0.6) is 0 Å². The van der Waals surface area contributed by atoms with Gasteiger partial charge in [0.1, 0.15) is 13.3 Å². The molecule has 1 nitrogen and oxygen atoms in total. The number of unbranched alkanes of at least 4 members (excludes halogenated alkanes) is 1. The molecular weight excluding hydrogens is 146 g/mol. The van der Waals surface area contributed by atoms with E-state index in [1.54, 1.807) is 0 Å². The van der Waals surface area contributed by atoms with Crippen molar-refractivity contribution in [1.82, 2.24) is 0 Å². The lowest BCUT2D eigenvalue weighted by Gasteiger charge is -2.19. The average molecular weight is 168 g/mol. The van der Waals surface area contributed by atoms with Crippen LogP contribution < -0.4 is 0 Å². The van der Waals surface area contributed by atoms with E-state index in [4.69, 9.17) is 0 Å². The van der Waals surface area contributed by atoms with Crippen LogP contribution in [0.25, 0.3) is 0 Å². The summed E-state index contributed by atoms with van der Waals surface area (Å²) in [6, 6.07) is 0.797. The van der Waals surface area contributed by atoms with E-state index in [2.05, 4.69) is 18.2 Å². The summed E-state index contributed by atoms with van der Waals surface area (Å²) in [6.45, 7) is 7.57. The Morgan fingerprint density at radius 2 is 1.92 bits per heavy atom. The van der Waals surface area contributed by atoms with Gasteiger partial charge in [-0.2, -0.15) is 0 Å². The second kappa shape index (κ2) is 5.34. The normalized spacial score (nSPS) is 19.4. The number of hydrogen-bond acceptors (Lipinski definition) is 0. The molecule has 12 heavy (non-hydrogen) atoms. The molecule has 0 N–H and O–H groups in total. The minimum atomic E-state index is 0.797. The van der Waals surface area contributed by atoms with Gasteiger partial charge in [0.25, 0.3) is 0 Å². The summed E-state index contributed by atoms with van der Waals surface area (Å²) in [4.78, 5) is 0. The molecule has 0 heterocycles. The molecule has 0 atom stereocenters. The van der Waals surface area contributed by atoms with E-state index in [1.165, 1.54) is 51.5 Å². The van der Waals surface area contributed by atoms with Gasteiger partial charge in [-0.3, -0.25) is 0 Å². The van der Waals surface area contributed by atoms with Gasteiger partial charge in [0, 0.05) is 19.3 Å². The molecule has 0 aromatic heterocycles. The Balaban J connectivity index is 2.20. The van der Waals surface area contributed by atoms with Gasteiger partial charge in [0.15, 0.2) is 6.04 Å². The zero-order chi connectivity index (χ0) is 8.81. The summed E-state index contributed by atoms with van der Waals surface area (Å²) in [7, 11) is 0. The fraction of sp³-hybridized carbons (Fsp3) is 0.909. The number of hydrogen-bond donors (Lipinski definition) is 0. The minimum Gasteiger partial charge on any atom is -0.240 e. The van der Waals surface area contributed by atoms with E-state index in [1.807, 2.05) is 0 Å². The fourth-order valence-electron chi connectivity index (χ4n) is 1.99. The maximum atomic E-state index is 4.13. The standard InChI is InChI=1S/C11H22N/c1-3-4-10-12(2)11-8-6-5-7-9-11/h11H,2-10H2,1H3/q+1. The van der Waals surface area contributed by atoms with Gasteiger partial charge in [0.05, 0.1) is 0 Å². The second-order valence-electron chi connectivity index (χ2n) is 3.96. The van der Waals surface area contributed by atoms with Crippen molar-refractivity contribution in [2.45, 2.75) is 57.9 Å². The molecule has 1 aliphatic rings. The summed E-state index contributed by atoms with van der Waals surface area (Å²) in [5, 5.41) is 0. The van der Waals surface area contributed by atoms with Crippen molar-refractivity contribution in [2.24, 2.45) is 0 Å². The van der Waals surface area contributed by atoms with Crippen LogP contribution in [0.2, 0.25) is 0 Å². The van der Waals surface area contributed by atoms with Crippen LogP contribution in [0.3, 0.4) is 0 Å². The number of rotatable bonds is 4. The van der Waals surface area contributed by atoms with Crippen molar-refractivity contribution in [2.75, 3.05) is 6.54 Å². The Morgan fingerprint density at radius 3 is 2.50 bits per heavy atom. The van der Waals surface area contributed by atoms with E-state index in [0.29, 0.717) is 0 Å². The third-order valence-electron chi connectivity index (χ3n) is 2.89. The molecule has 1 saturated carbocycles. The van der Waals surface area contributed by atoms with E-state index in [9.17, 15) is 0 Å². The third-order valence-corrected chi connectivity index (χ3v) is 2.89. The SMILES string of the molecule is C=[N+](CCCC)C1CCCCC1. The average Bonchev–Trinajstić information content (AvgIpc) is 2.15. The Bertz CT molecular complexity index is 134. The summed E-state index contributed by atoms with van der Waals surface area (Å²) in [6.07, 6.45) is 9.64. The Hall–Kier alpha value is -0.330. The molecule has 0 bridgehead atoms. The minimum absolute atomic E-state index is 0.797. The molecule has 0 unspecified atom stereocenters. The molecule has 0 aliphatic heterocycles. The van der Waals surface area contributed by atoms with Crippen LogP contribution in [0, 0.1) is 0 Å². The molecule has 1 aliphatic carbocycles. The zero-order valence-corrected chi connectivity index (χ0v) is 8.39. The highest BCUT2D eigenvalue weighted by molar-refractivity contribution is 5.14. The Kier molecular flexibility index (Phi) is 4.34. The van der Waals surface area contributed by atoms with Crippen LogP contribution >= 0.6 is 0 Å². The summed E-state index contributed by atoms with van der Waals surface area (Å²) >= 11 is 0. The van der Waals surface area contributed by atoms with E-state index < -0.39 is 0 Å². The maximum absolute atomic E-state index is 4.13. The van der Waals surface area contributed by atoms with Crippen molar-refractivity contribution >= 4 is 6.72 Å². The van der Waals surface area contributed by atoms with Gasteiger partial charge in [-0.15, -0.1) is 0 Å². The smallest absolute Gasteiger partial charge is 0.152 e. The quantitative estimate of drug-likeness (QED) is 0.448. The molecule has 1 heteroatoms. The Labute approximate surface area is 76.5 Å². The first-order valence-corrected chi connectivity index (χ1v) is 5.41. The molecule has 0 aromatic rings. The molecule has 1 rings (SSSR count). The van der Waals surface area contributed by atoms with Crippen molar-refractivity contribution in [3.8, 4) is 0 Å². The Morgan fingerprint density at radius 1 is 1.25 bits per heavy atom. The first-order valence-electron chi connectivity index (χ1n) is 5.41. The summed E-state index contributed by atoms with van der Waals surface area (Å²) in [5.41, 5.74) is 0. The van der Waals surface area contributed by atoms with Crippen LogP contribution in [0.15, 0.2) is 0 Å². The highest BCUT2D eigenvalue weighted by Crippen LogP contribution is 2.19. The lowest BCUT2D eigenvalue weighted by Crippen LogP contribution is -2.28. The van der Waals surface area contributed by atoms with Crippen LogP contribution in [-0.2, 0) is 0 Å². The molecule has 1 fully saturated rings. The third kappa shape index (κ3) is 2.96. The van der Waals surface area contributed by atoms with Gasteiger partial charge in [-0.25, -0.2) is 4.58 Å².